The van der Waals surface area contributed by atoms with Gasteiger partial charge in [0.2, 0.25) is 5.91 Å². The second kappa shape index (κ2) is 6.00. The molecule has 0 N–H and O–H groups in total. The van der Waals surface area contributed by atoms with Crippen LogP contribution < -0.4 is 10.7 Å². The van der Waals surface area contributed by atoms with Crippen molar-refractivity contribution in [2.75, 3.05) is 11.4 Å². The minimum absolute atomic E-state index is 0.112. The van der Waals surface area contributed by atoms with Crippen LogP contribution in [0.15, 0.2) is 57.7 Å². The lowest BCUT2D eigenvalue weighted by Crippen LogP contribution is -2.29. The summed E-state index contributed by atoms with van der Waals surface area (Å²) in [4.78, 5) is 26.3. The Hall–Kier alpha value is -2.82. The Morgan fingerprint density at radius 3 is 2.79 bits per heavy atom. The largest absolute Gasteiger partial charge is 0.419 e. The number of aromatic nitrogens is 1. The zero-order valence-electron chi connectivity index (χ0n) is 13.3. The second-order valence-electron chi connectivity index (χ2n) is 6.01. The van der Waals surface area contributed by atoms with Crippen LogP contribution in [0.4, 0.5) is 5.69 Å². The van der Waals surface area contributed by atoms with E-state index in [1.165, 1.54) is 5.56 Å². The molecule has 0 spiro atoms. The molecule has 3 aromatic rings. The van der Waals surface area contributed by atoms with Gasteiger partial charge in [0.05, 0.1) is 5.52 Å². The van der Waals surface area contributed by atoms with Gasteiger partial charge in [-0.15, -0.1) is 0 Å². The maximum absolute atomic E-state index is 12.5. The minimum atomic E-state index is -0.366. The molecule has 0 saturated carbocycles. The van der Waals surface area contributed by atoms with Crippen LogP contribution in [-0.2, 0) is 17.8 Å². The lowest BCUT2D eigenvalue weighted by molar-refractivity contribution is -0.118. The number of para-hydroxylation sites is 3. The maximum atomic E-state index is 12.5. The molecule has 1 aliphatic rings. The van der Waals surface area contributed by atoms with Crippen LogP contribution in [0.25, 0.3) is 11.1 Å². The Kier molecular flexibility index (Phi) is 3.69. The smallest absolute Gasteiger partial charge is 0.408 e. The molecule has 1 amide bonds. The molecule has 122 valence electrons. The molecule has 5 nitrogen and oxygen atoms in total. The van der Waals surface area contributed by atoms with Gasteiger partial charge in [-0.05, 0) is 36.6 Å². The number of benzene rings is 2. The number of oxazole rings is 1. The van der Waals surface area contributed by atoms with Gasteiger partial charge in [0.15, 0.2) is 5.58 Å². The van der Waals surface area contributed by atoms with E-state index in [4.69, 9.17) is 4.42 Å². The Morgan fingerprint density at radius 2 is 1.88 bits per heavy atom. The number of aryl methyl sites for hydroxylation is 1. The molecule has 2 aromatic carbocycles. The molecule has 5 heteroatoms. The topological polar surface area (TPSA) is 55.5 Å². The van der Waals surface area contributed by atoms with Gasteiger partial charge in [-0.3, -0.25) is 9.36 Å². The van der Waals surface area contributed by atoms with Crippen molar-refractivity contribution in [2.24, 2.45) is 0 Å². The molecule has 0 radical (unpaired) electrons. The van der Waals surface area contributed by atoms with Crippen molar-refractivity contribution in [1.29, 1.82) is 0 Å². The Morgan fingerprint density at radius 1 is 1.08 bits per heavy atom. The third kappa shape index (κ3) is 2.52. The van der Waals surface area contributed by atoms with Crippen molar-refractivity contribution in [2.45, 2.75) is 25.8 Å². The first-order chi connectivity index (χ1) is 11.7. The fourth-order valence-corrected chi connectivity index (χ4v) is 3.35. The maximum Gasteiger partial charge on any atom is 0.419 e. The van der Waals surface area contributed by atoms with E-state index in [9.17, 15) is 9.59 Å². The van der Waals surface area contributed by atoms with Crippen molar-refractivity contribution in [3.63, 3.8) is 0 Å². The number of carbonyl (C=O) groups is 1. The highest BCUT2D eigenvalue weighted by atomic mass is 16.4. The lowest BCUT2D eigenvalue weighted by atomic mass is 10.2. The molecule has 0 unspecified atom stereocenters. The second-order valence-corrected chi connectivity index (χ2v) is 6.01. The van der Waals surface area contributed by atoms with Crippen molar-refractivity contribution < 1.29 is 9.21 Å². The highest BCUT2D eigenvalue weighted by molar-refractivity contribution is 5.95. The van der Waals surface area contributed by atoms with E-state index in [-0.39, 0.29) is 11.7 Å². The number of rotatable bonds is 4. The van der Waals surface area contributed by atoms with Gasteiger partial charge in [-0.1, -0.05) is 30.3 Å². The van der Waals surface area contributed by atoms with Gasteiger partial charge < -0.3 is 9.32 Å². The van der Waals surface area contributed by atoms with Gasteiger partial charge in [-0.25, -0.2) is 4.79 Å². The Labute approximate surface area is 139 Å². The molecular weight excluding hydrogens is 304 g/mol. The minimum Gasteiger partial charge on any atom is -0.408 e. The fourth-order valence-electron chi connectivity index (χ4n) is 3.35. The number of hydrogen-bond donors (Lipinski definition) is 0. The predicted octanol–water partition coefficient (Wildman–Crippen LogP) is 2.96. The van der Waals surface area contributed by atoms with Gasteiger partial charge >= 0.3 is 5.76 Å². The molecule has 0 aliphatic carbocycles. The van der Waals surface area contributed by atoms with Crippen molar-refractivity contribution in [1.82, 2.24) is 4.57 Å². The number of anilines is 1. The van der Waals surface area contributed by atoms with E-state index in [0.717, 1.165) is 24.2 Å². The van der Waals surface area contributed by atoms with E-state index in [1.807, 2.05) is 41.3 Å². The molecule has 1 aliphatic heterocycles. The molecular formula is C19H18N2O3. The fraction of sp³-hybridized carbons (Fsp3) is 0.263. The van der Waals surface area contributed by atoms with Crippen LogP contribution in [0.3, 0.4) is 0 Å². The summed E-state index contributed by atoms with van der Waals surface area (Å²) in [7, 11) is 0. The van der Waals surface area contributed by atoms with Crippen molar-refractivity contribution >= 4 is 22.7 Å². The summed E-state index contributed by atoms with van der Waals surface area (Å²) in [6, 6.07) is 15.4. The van der Waals surface area contributed by atoms with Crippen LogP contribution in [0.2, 0.25) is 0 Å². The summed E-state index contributed by atoms with van der Waals surface area (Å²) in [5.74, 6) is -0.254. The van der Waals surface area contributed by atoms with Gasteiger partial charge in [0.25, 0.3) is 0 Å². The Bertz CT molecular complexity index is 954. The number of fused-ring (bicyclic) bond motifs is 2. The number of carbonyl (C=O) groups excluding carboxylic acids is 1. The highest BCUT2D eigenvalue weighted by Gasteiger charge is 2.23. The summed E-state index contributed by atoms with van der Waals surface area (Å²) in [5.41, 5.74) is 3.61. The monoisotopic (exact) mass is 322 g/mol. The lowest BCUT2D eigenvalue weighted by Gasteiger charge is -2.17. The molecule has 0 fully saturated rings. The summed E-state index contributed by atoms with van der Waals surface area (Å²) < 4.78 is 6.81. The van der Waals surface area contributed by atoms with Crippen LogP contribution in [0.5, 0.6) is 0 Å². The predicted molar refractivity (Wildman–Crippen MR) is 92.2 cm³/mol. The first kappa shape index (κ1) is 14.8. The normalized spacial score (nSPS) is 13.4. The molecule has 2 heterocycles. The SMILES string of the molecule is O=C(CCCn1c(=O)oc2ccccc21)N1CCc2ccccc21. The molecule has 1 aromatic heterocycles. The van der Waals surface area contributed by atoms with Gasteiger partial charge in [0.1, 0.15) is 0 Å². The quantitative estimate of drug-likeness (QED) is 0.742. The highest BCUT2D eigenvalue weighted by Crippen LogP contribution is 2.28. The standard InChI is InChI=1S/C19H18N2O3/c22-18(20-13-11-14-6-1-2-7-15(14)20)10-5-12-21-16-8-3-4-9-17(16)24-19(21)23/h1-4,6-9H,5,10-13H2. The molecule has 24 heavy (non-hydrogen) atoms. The molecule has 0 saturated heterocycles. The molecule has 0 atom stereocenters. The molecule has 0 bridgehead atoms. The summed E-state index contributed by atoms with van der Waals surface area (Å²) >= 11 is 0. The van der Waals surface area contributed by atoms with E-state index in [0.29, 0.717) is 25.0 Å². The summed E-state index contributed by atoms with van der Waals surface area (Å²) in [6.45, 7) is 1.23. The van der Waals surface area contributed by atoms with Crippen molar-refractivity contribution in [3.05, 3.63) is 64.6 Å². The number of amides is 1. The van der Waals surface area contributed by atoms with E-state index < -0.39 is 0 Å². The zero-order chi connectivity index (χ0) is 16.5. The van der Waals surface area contributed by atoms with Crippen LogP contribution in [0.1, 0.15) is 18.4 Å². The average Bonchev–Trinajstić information content (AvgIpc) is 3.16. The zero-order valence-corrected chi connectivity index (χ0v) is 13.3. The molecule has 4 rings (SSSR count). The average molecular weight is 322 g/mol. The third-order valence-corrected chi connectivity index (χ3v) is 4.53. The van der Waals surface area contributed by atoms with Crippen LogP contribution in [-0.4, -0.2) is 17.0 Å². The van der Waals surface area contributed by atoms with Gasteiger partial charge in [-0.2, -0.15) is 0 Å². The van der Waals surface area contributed by atoms with E-state index in [1.54, 1.807) is 10.6 Å². The van der Waals surface area contributed by atoms with E-state index >= 15 is 0 Å². The van der Waals surface area contributed by atoms with Crippen LogP contribution in [0, 0.1) is 0 Å². The van der Waals surface area contributed by atoms with Crippen LogP contribution >= 0.6 is 0 Å². The Balaban J connectivity index is 1.43. The third-order valence-electron chi connectivity index (χ3n) is 4.53. The van der Waals surface area contributed by atoms with Gasteiger partial charge in [0, 0.05) is 25.2 Å². The first-order valence-corrected chi connectivity index (χ1v) is 8.21. The van der Waals surface area contributed by atoms with Crippen molar-refractivity contribution in [3.8, 4) is 0 Å². The van der Waals surface area contributed by atoms with E-state index in [2.05, 4.69) is 6.07 Å². The number of hydrogen-bond acceptors (Lipinski definition) is 3. The first-order valence-electron chi connectivity index (χ1n) is 8.21. The summed E-state index contributed by atoms with van der Waals surface area (Å²) in [5, 5.41) is 0. The summed E-state index contributed by atoms with van der Waals surface area (Å²) in [6.07, 6.45) is 1.94. The number of nitrogens with zero attached hydrogens (tertiary/aromatic N) is 2.